The van der Waals surface area contributed by atoms with Gasteiger partial charge in [-0.1, -0.05) is 25.5 Å². The molecule has 2 N–H and O–H groups in total. The molecule has 6 heteroatoms. The Morgan fingerprint density at radius 1 is 1.25 bits per heavy atom. The van der Waals surface area contributed by atoms with Crippen molar-refractivity contribution in [2.75, 3.05) is 0 Å². The van der Waals surface area contributed by atoms with Crippen molar-refractivity contribution in [1.82, 2.24) is 9.55 Å². The van der Waals surface area contributed by atoms with Crippen LogP contribution in [-0.4, -0.2) is 20.6 Å². The third-order valence-corrected chi connectivity index (χ3v) is 2.93. The van der Waals surface area contributed by atoms with Crippen molar-refractivity contribution in [3.05, 3.63) is 62.4 Å². The molecule has 0 saturated heterocycles. The van der Waals surface area contributed by atoms with Crippen molar-refractivity contribution < 1.29 is 9.90 Å². The van der Waals surface area contributed by atoms with Gasteiger partial charge in [-0.3, -0.25) is 14.3 Å². The highest BCUT2D eigenvalue weighted by Crippen LogP contribution is 2.09. The van der Waals surface area contributed by atoms with E-state index in [4.69, 9.17) is 5.11 Å². The topological polar surface area (TPSA) is 92.2 Å². The average Bonchev–Trinajstić information content (AvgIpc) is 2.40. The number of carboxylic acids is 1. The van der Waals surface area contributed by atoms with Crippen LogP contribution in [-0.2, 0) is 6.42 Å². The van der Waals surface area contributed by atoms with Gasteiger partial charge in [-0.05, 0) is 24.1 Å². The van der Waals surface area contributed by atoms with E-state index < -0.39 is 22.8 Å². The number of hydrogen-bond donors (Lipinski definition) is 2. The average molecular weight is 274 g/mol. The molecule has 2 aromatic rings. The highest BCUT2D eigenvalue weighted by molar-refractivity contribution is 5.86. The summed E-state index contributed by atoms with van der Waals surface area (Å²) in [6.07, 6.45) is 2.99. The van der Waals surface area contributed by atoms with Gasteiger partial charge in [0.25, 0.3) is 5.56 Å². The Balaban J connectivity index is 2.52. The molecule has 0 unspecified atom stereocenters. The summed E-state index contributed by atoms with van der Waals surface area (Å²) in [4.78, 5) is 36.0. The highest BCUT2D eigenvalue weighted by atomic mass is 16.4. The number of benzene rings is 1. The lowest BCUT2D eigenvalue weighted by Crippen LogP contribution is -2.32. The summed E-state index contributed by atoms with van der Waals surface area (Å²) in [6.45, 7) is 2.07. The second-order valence-electron chi connectivity index (χ2n) is 4.39. The van der Waals surface area contributed by atoms with E-state index in [2.05, 4.69) is 6.92 Å². The van der Waals surface area contributed by atoms with Gasteiger partial charge in [0.1, 0.15) is 5.56 Å². The van der Waals surface area contributed by atoms with Crippen molar-refractivity contribution in [3.63, 3.8) is 0 Å². The van der Waals surface area contributed by atoms with Crippen LogP contribution in [0.25, 0.3) is 5.69 Å². The van der Waals surface area contributed by atoms with E-state index in [0.717, 1.165) is 29.2 Å². The Kier molecular flexibility index (Phi) is 3.84. The van der Waals surface area contributed by atoms with E-state index >= 15 is 0 Å². The number of rotatable bonds is 4. The summed E-state index contributed by atoms with van der Waals surface area (Å²) in [5.41, 5.74) is -0.396. The van der Waals surface area contributed by atoms with E-state index in [9.17, 15) is 14.4 Å². The van der Waals surface area contributed by atoms with E-state index in [0.29, 0.717) is 5.69 Å². The van der Waals surface area contributed by atoms with Gasteiger partial charge in [-0.25, -0.2) is 9.59 Å². The quantitative estimate of drug-likeness (QED) is 0.875. The molecule has 1 aromatic heterocycles. The van der Waals surface area contributed by atoms with Gasteiger partial charge in [0.05, 0.1) is 5.69 Å². The number of nitrogens with zero attached hydrogens (tertiary/aromatic N) is 1. The maximum atomic E-state index is 11.7. The van der Waals surface area contributed by atoms with Gasteiger partial charge in [-0.2, -0.15) is 0 Å². The van der Waals surface area contributed by atoms with Gasteiger partial charge in [-0.15, -0.1) is 0 Å². The molecular formula is C14H14N2O4. The lowest BCUT2D eigenvalue weighted by molar-refractivity contribution is 0.0694. The highest BCUT2D eigenvalue weighted by Gasteiger charge is 2.12. The van der Waals surface area contributed by atoms with Crippen molar-refractivity contribution in [1.29, 1.82) is 0 Å². The van der Waals surface area contributed by atoms with Crippen LogP contribution in [0.15, 0.2) is 40.1 Å². The van der Waals surface area contributed by atoms with Crippen molar-refractivity contribution >= 4 is 5.97 Å². The molecule has 0 aliphatic heterocycles. The third-order valence-electron chi connectivity index (χ3n) is 2.93. The van der Waals surface area contributed by atoms with Gasteiger partial charge in [0, 0.05) is 6.20 Å². The maximum absolute atomic E-state index is 11.7. The number of aromatic amines is 1. The van der Waals surface area contributed by atoms with Crippen LogP contribution in [0.4, 0.5) is 0 Å². The number of hydrogen-bond acceptors (Lipinski definition) is 3. The molecule has 1 heterocycles. The fourth-order valence-electron chi connectivity index (χ4n) is 1.93. The van der Waals surface area contributed by atoms with E-state index in [1.807, 2.05) is 17.1 Å². The standard InChI is InChI=1S/C14H14N2O4/c1-2-3-9-4-6-10(7-5-9)16-8-11(13(18)19)12(17)15-14(16)20/h4-8H,2-3H2,1H3,(H,18,19)(H,15,17,20). The number of aromatic nitrogens is 2. The van der Waals surface area contributed by atoms with Crippen LogP contribution >= 0.6 is 0 Å². The Bertz CT molecular complexity index is 741. The number of aromatic carboxylic acids is 1. The first-order valence-electron chi connectivity index (χ1n) is 6.21. The molecule has 0 aliphatic rings. The molecule has 0 amide bonds. The largest absolute Gasteiger partial charge is 0.477 e. The van der Waals surface area contributed by atoms with Gasteiger partial charge < -0.3 is 5.11 Å². The van der Waals surface area contributed by atoms with Gasteiger partial charge in [0.2, 0.25) is 0 Å². The SMILES string of the molecule is CCCc1ccc(-n2cc(C(=O)O)c(=O)[nH]c2=O)cc1. The molecule has 0 bridgehead atoms. The number of nitrogens with one attached hydrogen (secondary N) is 1. The van der Waals surface area contributed by atoms with E-state index in [1.54, 1.807) is 12.1 Å². The molecule has 0 fully saturated rings. The molecule has 0 aliphatic carbocycles. The fourth-order valence-corrected chi connectivity index (χ4v) is 1.93. The monoisotopic (exact) mass is 274 g/mol. The predicted octanol–water partition coefficient (Wildman–Crippen LogP) is 1.18. The second kappa shape index (κ2) is 5.56. The number of carboxylic acid groups (broad SMARTS) is 1. The molecule has 104 valence electrons. The lowest BCUT2D eigenvalue weighted by atomic mass is 10.1. The van der Waals surface area contributed by atoms with Crippen LogP contribution in [0.2, 0.25) is 0 Å². The van der Waals surface area contributed by atoms with Crippen LogP contribution in [0, 0.1) is 0 Å². The van der Waals surface area contributed by atoms with Crippen LogP contribution in [0.3, 0.4) is 0 Å². The zero-order valence-corrected chi connectivity index (χ0v) is 10.9. The minimum atomic E-state index is -1.37. The Labute approximate surface area is 114 Å². The van der Waals surface area contributed by atoms with Crippen LogP contribution in [0.1, 0.15) is 29.3 Å². The molecule has 0 radical (unpaired) electrons. The van der Waals surface area contributed by atoms with Crippen molar-refractivity contribution in [2.24, 2.45) is 0 Å². The Hall–Kier alpha value is -2.63. The first kappa shape index (κ1) is 13.8. The smallest absolute Gasteiger partial charge is 0.342 e. The van der Waals surface area contributed by atoms with Gasteiger partial charge in [0.15, 0.2) is 0 Å². The van der Waals surface area contributed by atoms with E-state index in [1.165, 1.54) is 0 Å². The fraction of sp³-hybridized carbons (Fsp3) is 0.214. The Morgan fingerprint density at radius 3 is 2.45 bits per heavy atom. The maximum Gasteiger partial charge on any atom is 0.342 e. The molecule has 6 nitrogen and oxygen atoms in total. The zero-order chi connectivity index (χ0) is 14.7. The number of aryl methyl sites for hydroxylation is 1. The summed E-state index contributed by atoms with van der Waals surface area (Å²) in [5, 5.41) is 8.91. The first-order chi connectivity index (χ1) is 9.52. The van der Waals surface area contributed by atoms with Crippen LogP contribution < -0.4 is 11.2 Å². The molecule has 0 saturated carbocycles. The minimum Gasteiger partial charge on any atom is -0.477 e. The molecule has 0 atom stereocenters. The summed E-state index contributed by atoms with van der Waals surface area (Å²) < 4.78 is 1.11. The van der Waals surface area contributed by atoms with Crippen LogP contribution in [0.5, 0.6) is 0 Å². The number of carbonyl (C=O) groups is 1. The van der Waals surface area contributed by atoms with Crippen molar-refractivity contribution in [2.45, 2.75) is 19.8 Å². The summed E-state index contributed by atoms with van der Waals surface area (Å²) in [5.74, 6) is -1.37. The van der Waals surface area contributed by atoms with E-state index in [-0.39, 0.29) is 0 Å². The Morgan fingerprint density at radius 2 is 1.90 bits per heavy atom. The summed E-state index contributed by atoms with van der Waals surface area (Å²) in [7, 11) is 0. The molecule has 0 spiro atoms. The molecule has 20 heavy (non-hydrogen) atoms. The molecule has 1 aromatic carbocycles. The lowest BCUT2D eigenvalue weighted by Gasteiger charge is -2.07. The minimum absolute atomic E-state index is 0.470. The summed E-state index contributed by atoms with van der Waals surface area (Å²) in [6, 6.07) is 7.18. The zero-order valence-electron chi connectivity index (χ0n) is 10.9. The summed E-state index contributed by atoms with van der Waals surface area (Å²) >= 11 is 0. The molecular weight excluding hydrogens is 260 g/mol. The van der Waals surface area contributed by atoms with Gasteiger partial charge >= 0.3 is 11.7 Å². The predicted molar refractivity (Wildman–Crippen MR) is 73.6 cm³/mol. The molecule has 2 rings (SSSR count). The third kappa shape index (κ3) is 2.69. The normalized spacial score (nSPS) is 10.4. The first-order valence-corrected chi connectivity index (χ1v) is 6.21. The number of H-pyrrole nitrogens is 1. The van der Waals surface area contributed by atoms with Crippen molar-refractivity contribution in [3.8, 4) is 5.69 Å². The second-order valence-corrected chi connectivity index (χ2v) is 4.39.